The van der Waals surface area contributed by atoms with Crippen molar-refractivity contribution < 1.29 is 9.53 Å². The maximum atomic E-state index is 12.8. The van der Waals surface area contributed by atoms with Crippen LogP contribution in [-0.4, -0.2) is 58.4 Å². The van der Waals surface area contributed by atoms with Crippen molar-refractivity contribution in [3.8, 4) is 5.88 Å². The molecule has 0 unspecified atom stereocenters. The second kappa shape index (κ2) is 7.43. The van der Waals surface area contributed by atoms with E-state index in [2.05, 4.69) is 25.7 Å². The van der Waals surface area contributed by atoms with Crippen molar-refractivity contribution in [1.29, 1.82) is 0 Å². The van der Waals surface area contributed by atoms with E-state index in [0.29, 0.717) is 35.7 Å². The fraction of sp³-hybridized carbons (Fsp3) is 0.368. The van der Waals surface area contributed by atoms with Crippen LogP contribution in [0.15, 0.2) is 30.6 Å². The van der Waals surface area contributed by atoms with E-state index in [0.717, 1.165) is 24.0 Å². The second-order valence-corrected chi connectivity index (χ2v) is 6.74. The van der Waals surface area contributed by atoms with E-state index in [1.807, 2.05) is 50.3 Å². The molecule has 3 heterocycles. The van der Waals surface area contributed by atoms with Gasteiger partial charge in [0.25, 0.3) is 5.91 Å². The number of amides is 1. The summed E-state index contributed by atoms with van der Waals surface area (Å²) in [4.78, 5) is 23.7. The molecule has 28 heavy (non-hydrogen) atoms. The van der Waals surface area contributed by atoms with Crippen molar-refractivity contribution in [2.24, 2.45) is 7.05 Å². The van der Waals surface area contributed by atoms with E-state index in [4.69, 9.17) is 4.74 Å². The number of anilines is 2. The molecule has 2 aromatic heterocycles. The predicted molar refractivity (Wildman–Crippen MR) is 107 cm³/mol. The van der Waals surface area contributed by atoms with Crippen molar-refractivity contribution >= 4 is 28.4 Å². The smallest absolute Gasteiger partial charge is 0.262 e. The number of hydrogen-bond acceptors (Lipinski definition) is 7. The topological polar surface area (TPSA) is 97.2 Å². The number of benzene rings is 1. The zero-order valence-electron chi connectivity index (χ0n) is 16.1. The molecule has 9 heteroatoms. The minimum absolute atomic E-state index is 0.292. The number of nitrogens with one attached hydrogen (secondary N) is 2. The number of rotatable bonds is 6. The van der Waals surface area contributed by atoms with Gasteiger partial charge in [0.1, 0.15) is 5.56 Å². The van der Waals surface area contributed by atoms with Crippen molar-refractivity contribution in [3.05, 3.63) is 36.2 Å². The summed E-state index contributed by atoms with van der Waals surface area (Å²) in [6.07, 6.45) is 3.43. The van der Waals surface area contributed by atoms with Crippen LogP contribution in [-0.2, 0) is 7.05 Å². The number of ether oxygens (including phenoxy) is 1. The van der Waals surface area contributed by atoms with Crippen molar-refractivity contribution in [1.82, 2.24) is 25.1 Å². The molecule has 4 rings (SSSR count). The fourth-order valence-electron chi connectivity index (χ4n) is 3.16. The van der Waals surface area contributed by atoms with Gasteiger partial charge in [-0.05, 0) is 32.2 Å². The molecule has 1 aliphatic rings. The third-order valence-corrected chi connectivity index (χ3v) is 4.72. The van der Waals surface area contributed by atoms with Gasteiger partial charge in [0.2, 0.25) is 11.8 Å². The SMILES string of the molecule is CCOc1nc(N2CC(NC)C2)ncc1C(=O)Nc1ccc2nn(C)cc2c1. The molecule has 1 fully saturated rings. The highest BCUT2D eigenvalue weighted by molar-refractivity contribution is 6.06. The lowest BCUT2D eigenvalue weighted by Crippen LogP contribution is -2.57. The summed E-state index contributed by atoms with van der Waals surface area (Å²) < 4.78 is 7.35. The number of carbonyl (C=O) groups excluding carboxylic acids is 1. The van der Waals surface area contributed by atoms with Gasteiger partial charge >= 0.3 is 0 Å². The average molecular weight is 381 g/mol. The lowest BCUT2D eigenvalue weighted by molar-refractivity contribution is 0.102. The van der Waals surface area contributed by atoms with E-state index >= 15 is 0 Å². The monoisotopic (exact) mass is 381 g/mol. The predicted octanol–water partition coefficient (Wildman–Crippen LogP) is 1.42. The Balaban J connectivity index is 1.55. The van der Waals surface area contributed by atoms with E-state index in [9.17, 15) is 4.79 Å². The van der Waals surface area contributed by atoms with Gasteiger partial charge in [0.05, 0.1) is 12.1 Å². The molecule has 0 bridgehead atoms. The Morgan fingerprint density at radius 3 is 2.93 bits per heavy atom. The van der Waals surface area contributed by atoms with Crippen LogP contribution in [0.3, 0.4) is 0 Å². The highest BCUT2D eigenvalue weighted by atomic mass is 16.5. The standard InChI is InChI=1S/C19H23N7O2/c1-4-28-18-15(8-21-19(23-18)26-10-14(11-26)20-2)17(27)22-13-5-6-16-12(7-13)9-25(3)24-16/h5-9,14,20H,4,10-11H2,1-3H3,(H,22,27). The van der Waals surface area contributed by atoms with E-state index in [1.165, 1.54) is 6.20 Å². The van der Waals surface area contributed by atoms with Crippen LogP contribution < -0.4 is 20.3 Å². The molecule has 0 aliphatic carbocycles. The summed E-state index contributed by atoms with van der Waals surface area (Å²) in [6.45, 7) is 3.94. The highest BCUT2D eigenvalue weighted by Crippen LogP contribution is 2.24. The molecule has 0 radical (unpaired) electrons. The van der Waals surface area contributed by atoms with Crippen LogP contribution in [0.2, 0.25) is 0 Å². The summed E-state index contributed by atoms with van der Waals surface area (Å²) in [5.74, 6) is 0.554. The van der Waals surface area contributed by atoms with Gasteiger partial charge in [-0.15, -0.1) is 0 Å². The van der Waals surface area contributed by atoms with Gasteiger partial charge in [-0.1, -0.05) is 0 Å². The van der Waals surface area contributed by atoms with Crippen molar-refractivity contribution in [3.63, 3.8) is 0 Å². The van der Waals surface area contributed by atoms with Gasteiger partial charge in [0, 0.05) is 49.6 Å². The molecule has 0 saturated carbocycles. The number of aromatic nitrogens is 4. The van der Waals surface area contributed by atoms with Crippen LogP contribution in [0.4, 0.5) is 11.6 Å². The number of fused-ring (bicyclic) bond motifs is 1. The van der Waals surface area contributed by atoms with Crippen molar-refractivity contribution in [2.75, 3.05) is 37.0 Å². The first-order valence-corrected chi connectivity index (χ1v) is 9.24. The second-order valence-electron chi connectivity index (χ2n) is 6.74. The van der Waals surface area contributed by atoms with E-state index in [1.54, 1.807) is 4.68 Å². The van der Waals surface area contributed by atoms with E-state index < -0.39 is 0 Å². The zero-order valence-corrected chi connectivity index (χ0v) is 16.1. The first-order valence-electron chi connectivity index (χ1n) is 9.24. The Kier molecular flexibility index (Phi) is 4.82. The summed E-state index contributed by atoms with van der Waals surface area (Å²) in [5, 5.41) is 11.4. The summed E-state index contributed by atoms with van der Waals surface area (Å²) in [7, 11) is 3.80. The maximum absolute atomic E-state index is 12.8. The lowest BCUT2D eigenvalue weighted by atomic mass is 10.1. The average Bonchev–Trinajstić information content (AvgIpc) is 3.00. The first kappa shape index (κ1) is 18.2. The zero-order chi connectivity index (χ0) is 19.7. The molecule has 146 valence electrons. The van der Waals surface area contributed by atoms with E-state index in [-0.39, 0.29) is 5.91 Å². The molecular formula is C19H23N7O2. The Morgan fingerprint density at radius 1 is 1.36 bits per heavy atom. The van der Waals surface area contributed by atoms with Gasteiger partial charge in [-0.2, -0.15) is 10.1 Å². The van der Waals surface area contributed by atoms with Crippen molar-refractivity contribution in [2.45, 2.75) is 13.0 Å². The molecule has 0 atom stereocenters. The molecule has 1 aliphatic heterocycles. The Bertz CT molecular complexity index is 1010. The van der Waals surface area contributed by atoms with Crippen LogP contribution in [0, 0.1) is 0 Å². The largest absolute Gasteiger partial charge is 0.477 e. The third kappa shape index (κ3) is 3.48. The van der Waals surface area contributed by atoms with Gasteiger partial charge in [0.15, 0.2) is 0 Å². The fourth-order valence-corrected chi connectivity index (χ4v) is 3.16. The molecule has 1 saturated heterocycles. The number of aryl methyl sites for hydroxylation is 1. The molecule has 1 amide bonds. The van der Waals surface area contributed by atoms with Crippen LogP contribution in [0.25, 0.3) is 10.9 Å². The number of likely N-dealkylation sites (N-methyl/N-ethyl adjacent to an activating group) is 1. The maximum Gasteiger partial charge on any atom is 0.262 e. The van der Waals surface area contributed by atoms with Crippen LogP contribution >= 0.6 is 0 Å². The minimum Gasteiger partial charge on any atom is -0.477 e. The summed E-state index contributed by atoms with van der Waals surface area (Å²) >= 11 is 0. The summed E-state index contributed by atoms with van der Waals surface area (Å²) in [6, 6.07) is 6.01. The first-order chi connectivity index (χ1) is 13.6. The van der Waals surface area contributed by atoms with Crippen LogP contribution in [0.1, 0.15) is 17.3 Å². The number of hydrogen-bond donors (Lipinski definition) is 2. The number of nitrogens with zero attached hydrogens (tertiary/aromatic N) is 5. The van der Waals surface area contributed by atoms with Crippen LogP contribution in [0.5, 0.6) is 5.88 Å². The third-order valence-electron chi connectivity index (χ3n) is 4.72. The quantitative estimate of drug-likeness (QED) is 0.666. The number of carbonyl (C=O) groups is 1. The lowest BCUT2D eigenvalue weighted by Gasteiger charge is -2.39. The Hall–Kier alpha value is -3.20. The minimum atomic E-state index is -0.310. The molecule has 3 aromatic rings. The summed E-state index contributed by atoms with van der Waals surface area (Å²) in [5.41, 5.74) is 1.86. The normalized spacial score (nSPS) is 14.2. The molecular weight excluding hydrogens is 358 g/mol. The molecule has 2 N–H and O–H groups in total. The molecule has 1 aromatic carbocycles. The van der Waals surface area contributed by atoms with Gasteiger partial charge in [-0.3, -0.25) is 9.48 Å². The highest BCUT2D eigenvalue weighted by Gasteiger charge is 2.28. The Labute approximate surface area is 162 Å². The van der Waals surface area contributed by atoms with Gasteiger partial charge < -0.3 is 20.3 Å². The molecule has 0 spiro atoms. The molecule has 9 nitrogen and oxygen atoms in total. The van der Waals surface area contributed by atoms with Gasteiger partial charge in [-0.25, -0.2) is 4.98 Å². The Morgan fingerprint density at radius 2 is 2.18 bits per heavy atom.